The van der Waals surface area contributed by atoms with Crippen LogP contribution in [0.15, 0.2) is 35.7 Å². The lowest BCUT2D eigenvalue weighted by Gasteiger charge is -2.23. The third kappa shape index (κ3) is 3.64. The van der Waals surface area contributed by atoms with E-state index in [9.17, 15) is 8.78 Å². The molecule has 0 radical (unpaired) electrons. The summed E-state index contributed by atoms with van der Waals surface area (Å²) in [5, 5.41) is 5.44. The Morgan fingerprint density at radius 1 is 1.25 bits per heavy atom. The molecule has 20 heavy (non-hydrogen) atoms. The van der Waals surface area contributed by atoms with Crippen molar-refractivity contribution in [3.8, 4) is 0 Å². The Bertz CT molecular complexity index is 539. The van der Waals surface area contributed by atoms with E-state index < -0.39 is 5.82 Å². The summed E-state index contributed by atoms with van der Waals surface area (Å²) in [7, 11) is 0. The van der Waals surface area contributed by atoms with E-state index in [1.165, 1.54) is 17.0 Å². The first-order valence-corrected chi connectivity index (χ1v) is 7.74. The highest BCUT2D eigenvalue weighted by molar-refractivity contribution is 7.10. The van der Waals surface area contributed by atoms with Crippen molar-refractivity contribution in [2.45, 2.75) is 38.8 Å². The molecule has 0 aliphatic rings. The van der Waals surface area contributed by atoms with E-state index in [0.29, 0.717) is 5.56 Å². The highest BCUT2D eigenvalue weighted by Gasteiger charge is 2.18. The average molecular weight is 295 g/mol. The highest BCUT2D eigenvalue weighted by Crippen LogP contribution is 2.27. The fraction of sp³-hybridized carbons (Fsp3) is 0.375. The molecule has 0 saturated heterocycles. The second-order valence-corrected chi connectivity index (χ2v) is 5.89. The number of benzene rings is 1. The van der Waals surface area contributed by atoms with Gasteiger partial charge in [-0.1, -0.05) is 19.4 Å². The third-order valence-corrected chi connectivity index (χ3v) is 4.33. The van der Waals surface area contributed by atoms with Crippen molar-refractivity contribution >= 4 is 11.3 Å². The minimum atomic E-state index is -0.404. The molecule has 0 fully saturated rings. The molecule has 1 heterocycles. The van der Waals surface area contributed by atoms with Crippen LogP contribution in [-0.2, 0) is 0 Å². The molecular weight excluding hydrogens is 276 g/mol. The zero-order valence-electron chi connectivity index (χ0n) is 11.7. The van der Waals surface area contributed by atoms with Crippen molar-refractivity contribution in [3.63, 3.8) is 0 Å². The van der Waals surface area contributed by atoms with Gasteiger partial charge in [-0.25, -0.2) is 8.78 Å². The summed E-state index contributed by atoms with van der Waals surface area (Å²) in [5.41, 5.74) is 0.377. The van der Waals surface area contributed by atoms with E-state index in [0.717, 1.165) is 18.9 Å². The Labute approximate surface area is 122 Å². The van der Waals surface area contributed by atoms with Crippen LogP contribution in [0.5, 0.6) is 0 Å². The molecule has 2 rings (SSSR count). The lowest BCUT2D eigenvalue weighted by Crippen LogP contribution is -2.24. The molecule has 0 aliphatic carbocycles. The number of rotatable bonds is 6. The minimum Gasteiger partial charge on any atom is -0.302 e. The monoisotopic (exact) mass is 295 g/mol. The summed E-state index contributed by atoms with van der Waals surface area (Å²) in [6.45, 7) is 3.99. The molecular formula is C16H19F2NS. The minimum absolute atomic E-state index is 0.178. The quantitative estimate of drug-likeness (QED) is 0.770. The van der Waals surface area contributed by atoms with Crippen molar-refractivity contribution in [1.82, 2.24) is 5.32 Å². The van der Waals surface area contributed by atoms with Gasteiger partial charge in [0, 0.05) is 22.5 Å². The van der Waals surface area contributed by atoms with Gasteiger partial charge in [0.1, 0.15) is 11.6 Å². The van der Waals surface area contributed by atoms with E-state index in [4.69, 9.17) is 0 Å². The van der Waals surface area contributed by atoms with Gasteiger partial charge >= 0.3 is 0 Å². The molecule has 1 aromatic carbocycles. The van der Waals surface area contributed by atoms with Crippen molar-refractivity contribution in [1.29, 1.82) is 0 Å². The summed E-state index contributed by atoms with van der Waals surface area (Å²) < 4.78 is 27.1. The Hall–Kier alpha value is -1.26. The molecule has 2 atom stereocenters. The van der Waals surface area contributed by atoms with Crippen LogP contribution in [0.1, 0.15) is 49.2 Å². The molecule has 0 aliphatic heterocycles. The van der Waals surface area contributed by atoms with Crippen LogP contribution in [0.25, 0.3) is 0 Å². The number of hydrogen-bond donors (Lipinski definition) is 1. The number of halogens is 2. The zero-order chi connectivity index (χ0) is 14.5. The SMILES string of the molecule is CCCC(NC(C)c1cc(F)ccc1F)c1cccs1. The first kappa shape index (κ1) is 15.1. The van der Waals surface area contributed by atoms with Crippen LogP contribution in [0, 0.1) is 11.6 Å². The maximum Gasteiger partial charge on any atom is 0.128 e. The van der Waals surface area contributed by atoms with Gasteiger partial charge in [-0.05, 0) is 43.0 Å². The van der Waals surface area contributed by atoms with Gasteiger partial charge in [0.15, 0.2) is 0 Å². The van der Waals surface area contributed by atoms with Crippen molar-refractivity contribution in [3.05, 3.63) is 57.8 Å². The normalized spacial score (nSPS) is 14.2. The standard InChI is InChI=1S/C16H19F2NS/c1-3-5-15(16-6-4-9-20-16)19-11(2)13-10-12(17)7-8-14(13)18/h4,6-11,15,19H,3,5H2,1-2H3. The summed E-state index contributed by atoms with van der Waals surface area (Å²) in [4.78, 5) is 1.23. The van der Waals surface area contributed by atoms with E-state index in [1.54, 1.807) is 11.3 Å². The third-order valence-electron chi connectivity index (χ3n) is 3.34. The fourth-order valence-electron chi connectivity index (χ4n) is 2.32. The molecule has 0 bridgehead atoms. The maximum absolute atomic E-state index is 13.8. The molecule has 0 spiro atoms. The zero-order valence-corrected chi connectivity index (χ0v) is 12.5. The molecule has 0 saturated carbocycles. The Morgan fingerprint density at radius 2 is 2.05 bits per heavy atom. The largest absolute Gasteiger partial charge is 0.302 e. The van der Waals surface area contributed by atoms with Gasteiger partial charge in [0.05, 0.1) is 0 Å². The number of hydrogen-bond acceptors (Lipinski definition) is 2. The van der Waals surface area contributed by atoms with Crippen molar-refractivity contribution in [2.75, 3.05) is 0 Å². The van der Waals surface area contributed by atoms with Crippen LogP contribution in [0.3, 0.4) is 0 Å². The van der Waals surface area contributed by atoms with Crippen LogP contribution in [-0.4, -0.2) is 0 Å². The van der Waals surface area contributed by atoms with Crippen molar-refractivity contribution < 1.29 is 8.78 Å². The molecule has 0 amide bonds. The second-order valence-electron chi connectivity index (χ2n) is 4.91. The fourth-order valence-corrected chi connectivity index (χ4v) is 3.15. The Morgan fingerprint density at radius 3 is 2.70 bits per heavy atom. The van der Waals surface area contributed by atoms with Gasteiger partial charge in [-0.2, -0.15) is 0 Å². The highest BCUT2D eigenvalue weighted by atomic mass is 32.1. The van der Waals surface area contributed by atoms with E-state index in [-0.39, 0.29) is 17.9 Å². The smallest absolute Gasteiger partial charge is 0.128 e. The molecule has 1 nitrogen and oxygen atoms in total. The van der Waals surface area contributed by atoms with E-state index in [2.05, 4.69) is 18.3 Å². The summed E-state index contributed by atoms with van der Waals surface area (Å²) in [5.74, 6) is -0.772. The molecule has 2 aromatic rings. The lowest BCUT2D eigenvalue weighted by molar-refractivity contribution is 0.431. The predicted octanol–water partition coefficient (Wildman–Crippen LogP) is 5.22. The maximum atomic E-state index is 13.8. The van der Waals surface area contributed by atoms with Gasteiger partial charge in [-0.3, -0.25) is 0 Å². The first-order valence-electron chi connectivity index (χ1n) is 6.86. The average Bonchev–Trinajstić information content (AvgIpc) is 2.95. The topological polar surface area (TPSA) is 12.0 Å². The van der Waals surface area contributed by atoms with Gasteiger partial charge < -0.3 is 5.32 Å². The van der Waals surface area contributed by atoms with E-state index in [1.807, 2.05) is 18.4 Å². The second kappa shape index (κ2) is 6.95. The van der Waals surface area contributed by atoms with E-state index >= 15 is 0 Å². The molecule has 1 N–H and O–H groups in total. The Kier molecular flexibility index (Phi) is 5.26. The number of thiophene rings is 1. The van der Waals surface area contributed by atoms with Gasteiger partial charge in [-0.15, -0.1) is 11.3 Å². The lowest BCUT2D eigenvalue weighted by atomic mass is 10.0. The molecule has 1 aromatic heterocycles. The van der Waals surface area contributed by atoms with Crippen LogP contribution in [0.4, 0.5) is 8.78 Å². The van der Waals surface area contributed by atoms with Crippen LogP contribution < -0.4 is 5.32 Å². The Balaban J connectivity index is 2.15. The molecule has 4 heteroatoms. The predicted molar refractivity (Wildman–Crippen MR) is 79.9 cm³/mol. The summed E-state index contributed by atoms with van der Waals surface area (Å²) >= 11 is 1.69. The molecule has 2 unspecified atom stereocenters. The van der Waals surface area contributed by atoms with Crippen LogP contribution in [0.2, 0.25) is 0 Å². The van der Waals surface area contributed by atoms with Crippen molar-refractivity contribution in [2.24, 2.45) is 0 Å². The van der Waals surface area contributed by atoms with Crippen LogP contribution >= 0.6 is 11.3 Å². The van der Waals surface area contributed by atoms with Gasteiger partial charge in [0.2, 0.25) is 0 Å². The summed E-state index contributed by atoms with van der Waals surface area (Å²) in [6, 6.07) is 7.63. The first-order chi connectivity index (χ1) is 9.61. The number of nitrogens with one attached hydrogen (secondary N) is 1. The molecule has 108 valence electrons. The van der Waals surface area contributed by atoms with Gasteiger partial charge in [0.25, 0.3) is 0 Å². The summed E-state index contributed by atoms with van der Waals surface area (Å²) in [6.07, 6.45) is 2.01.